The lowest BCUT2D eigenvalue weighted by Crippen LogP contribution is -2.12. The summed E-state index contributed by atoms with van der Waals surface area (Å²) in [4.78, 5) is 0. The minimum Gasteiger partial charge on any atom is -0.393 e. The fraction of sp³-hybridized carbons (Fsp3) is 0.778. The number of methoxy groups -OCH3 is 1. The zero-order valence-electron chi connectivity index (χ0n) is 9.18. The fourth-order valence-corrected chi connectivity index (χ4v) is 1.31. The first-order valence-corrected chi connectivity index (χ1v) is 4.97. The maximum atomic E-state index is 9.18. The third kappa shape index (κ3) is 3.26. The second kappa shape index (κ2) is 5.79. The number of nitrogens with zero attached hydrogens (tertiary/aromatic N) is 3. The smallest absolute Gasteiger partial charge is 0.102 e. The molecular formula is C9H18N4O2. The summed E-state index contributed by atoms with van der Waals surface area (Å²) in [5.74, 6) is 0. The Labute approximate surface area is 89.0 Å². The number of nitrogens with two attached hydrogens (primary N) is 1. The Bertz CT molecular complexity index is 298. The molecular weight excluding hydrogens is 196 g/mol. The van der Waals surface area contributed by atoms with Crippen LogP contribution in [0.2, 0.25) is 0 Å². The van der Waals surface area contributed by atoms with Crippen molar-refractivity contribution in [3.05, 3.63) is 11.4 Å². The van der Waals surface area contributed by atoms with E-state index in [0.29, 0.717) is 26.1 Å². The van der Waals surface area contributed by atoms with Gasteiger partial charge < -0.3 is 15.6 Å². The van der Waals surface area contributed by atoms with Gasteiger partial charge in [0.25, 0.3) is 0 Å². The predicted molar refractivity (Wildman–Crippen MR) is 54.9 cm³/mol. The topological polar surface area (TPSA) is 86.2 Å². The number of aliphatic hydroxyl groups is 1. The van der Waals surface area contributed by atoms with Crippen LogP contribution in [0.3, 0.4) is 0 Å². The highest BCUT2D eigenvalue weighted by Gasteiger charge is 2.11. The molecule has 1 aromatic heterocycles. The molecule has 1 aromatic rings. The van der Waals surface area contributed by atoms with Crippen LogP contribution in [0.15, 0.2) is 0 Å². The Hall–Kier alpha value is -0.980. The zero-order chi connectivity index (χ0) is 11.3. The van der Waals surface area contributed by atoms with E-state index < -0.39 is 0 Å². The van der Waals surface area contributed by atoms with E-state index in [1.54, 1.807) is 18.7 Å². The fourth-order valence-electron chi connectivity index (χ4n) is 1.31. The third-order valence-corrected chi connectivity index (χ3v) is 2.15. The Morgan fingerprint density at radius 1 is 1.60 bits per heavy atom. The lowest BCUT2D eigenvalue weighted by Gasteiger charge is -2.07. The van der Waals surface area contributed by atoms with Crippen molar-refractivity contribution in [3.8, 4) is 0 Å². The van der Waals surface area contributed by atoms with Gasteiger partial charge in [-0.05, 0) is 13.3 Å². The van der Waals surface area contributed by atoms with Gasteiger partial charge in [0, 0.05) is 20.2 Å². The third-order valence-electron chi connectivity index (χ3n) is 2.15. The van der Waals surface area contributed by atoms with Gasteiger partial charge in [-0.15, -0.1) is 5.10 Å². The molecule has 0 aromatic carbocycles. The van der Waals surface area contributed by atoms with Gasteiger partial charge >= 0.3 is 0 Å². The zero-order valence-corrected chi connectivity index (χ0v) is 9.18. The van der Waals surface area contributed by atoms with Crippen molar-refractivity contribution in [2.45, 2.75) is 39.1 Å². The molecule has 3 N–H and O–H groups in total. The summed E-state index contributed by atoms with van der Waals surface area (Å²) < 4.78 is 6.79. The number of aryl methyl sites for hydroxylation is 1. The monoisotopic (exact) mass is 214 g/mol. The van der Waals surface area contributed by atoms with Crippen LogP contribution in [0.1, 0.15) is 24.7 Å². The average Bonchev–Trinajstić information content (AvgIpc) is 2.58. The van der Waals surface area contributed by atoms with Gasteiger partial charge in [-0.2, -0.15) is 0 Å². The van der Waals surface area contributed by atoms with Gasteiger partial charge in [0.1, 0.15) is 5.69 Å². The van der Waals surface area contributed by atoms with E-state index in [1.165, 1.54) is 0 Å². The molecule has 0 saturated carbocycles. The van der Waals surface area contributed by atoms with Gasteiger partial charge in [-0.25, -0.2) is 4.68 Å². The summed E-state index contributed by atoms with van der Waals surface area (Å²) in [7, 11) is 1.62. The highest BCUT2D eigenvalue weighted by atomic mass is 16.5. The molecule has 0 aliphatic heterocycles. The van der Waals surface area contributed by atoms with Crippen molar-refractivity contribution in [3.63, 3.8) is 0 Å². The molecule has 1 heterocycles. The number of hydrogen-bond acceptors (Lipinski definition) is 5. The lowest BCUT2D eigenvalue weighted by atomic mass is 10.2. The van der Waals surface area contributed by atoms with Crippen LogP contribution in [0.5, 0.6) is 0 Å². The number of aromatic nitrogens is 3. The first kappa shape index (κ1) is 12.1. The van der Waals surface area contributed by atoms with E-state index in [1.807, 2.05) is 0 Å². The second-order valence-corrected chi connectivity index (χ2v) is 3.48. The van der Waals surface area contributed by atoms with E-state index in [9.17, 15) is 5.11 Å². The summed E-state index contributed by atoms with van der Waals surface area (Å²) in [6, 6.07) is 0. The number of ether oxygens (including phenoxy) is 1. The Kier molecular flexibility index (Phi) is 4.67. The van der Waals surface area contributed by atoms with Gasteiger partial charge in [0.15, 0.2) is 0 Å². The van der Waals surface area contributed by atoms with Crippen LogP contribution in [0.25, 0.3) is 0 Å². The maximum absolute atomic E-state index is 9.18. The Morgan fingerprint density at radius 2 is 2.33 bits per heavy atom. The number of aliphatic hydroxyl groups excluding tert-OH is 1. The van der Waals surface area contributed by atoms with Gasteiger partial charge in [-0.3, -0.25) is 0 Å². The summed E-state index contributed by atoms with van der Waals surface area (Å²) >= 11 is 0. The SMILES string of the molecule is COCc1c(CN)nnn1CCC(C)O. The van der Waals surface area contributed by atoms with Crippen LogP contribution in [-0.4, -0.2) is 33.3 Å². The minimum atomic E-state index is -0.342. The van der Waals surface area contributed by atoms with Crippen molar-refractivity contribution < 1.29 is 9.84 Å². The van der Waals surface area contributed by atoms with Crippen molar-refractivity contribution >= 4 is 0 Å². The molecule has 6 nitrogen and oxygen atoms in total. The number of hydrogen-bond donors (Lipinski definition) is 2. The molecule has 0 amide bonds. The molecule has 1 atom stereocenters. The Morgan fingerprint density at radius 3 is 2.87 bits per heavy atom. The van der Waals surface area contributed by atoms with Crippen LogP contribution >= 0.6 is 0 Å². The molecule has 15 heavy (non-hydrogen) atoms. The van der Waals surface area contributed by atoms with E-state index in [4.69, 9.17) is 10.5 Å². The molecule has 86 valence electrons. The molecule has 1 unspecified atom stereocenters. The highest BCUT2D eigenvalue weighted by molar-refractivity contribution is 5.08. The normalized spacial score (nSPS) is 13.1. The molecule has 0 spiro atoms. The van der Waals surface area contributed by atoms with Crippen molar-refractivity contribution in [1.29, 1.82) is 0 Å². The minimum absolute atomic E-state index is 0.342. The predicted octanol–water partition coefficient (Wildman–Crippen LogP) is -0.346. The average molecular weight is 214 g/mol. The first-order chi connectivity index (χ1) is 7.19. The molecule has 0 aliphatic carbocycles. The second-order valence-electron chi connectivity index (χ2n) is 3.48. The van der Waals surface area contributed by atoms with Gasteiger partial charge in [0.05, 0.1) is 18.4 Å². The quantitative estimate of drug-likeness (QED) is 0.676. The molecule has 6 heteroatoms. The van der Waals surface area contributed by atoms with Crippen LogP contribution in [-0.2, 0) is 24.4 Å². The summed E-state index contributed by atoms with van der Waals surface area (Å²) in [6.45, 7) is 3.17. The van der Waals surface area contributed by atoms with Crippen molar-refractivity contribution in [2.24, 2.45) is 5.73 Å². The molecule has 1 rings (SSSR count). The first-order valence-electron chi connectivity index (χ1n) is 4.97. The lowest BCUT2D eigenvalue weighted by molar-refractivity contribution is 0.163. The number of rotatable bonds is 6. The molecule has 0 radical (unpaired) electrons. The van der Waals surface area contributed by atoms with E-state index in [2.05, 4.69) is 10.3 Å². The molecule has 0 bridgehead atoms. The van der Waals surface area contributed by atoms with Crippen LogP contribution < -0.4 is 5.73 Å². The molecule has 0 aliphatic rings. The summed E-state index contributed by atoms with van der Waals surface area (Å²) in [5, 5.41) is 17.1. The van der Waals surface area contributed by atoms with Crippen molar-refractivity contribution in [1.82, 2.24) is 15.0 Å². The van der Waals surface area contributed by atoms with Crippen molar-refractivity contribution in [2.75, 3.05) is 7.11 Å². The van der Waals surface area contributed by atoms with Crippen LogP contribution in [0.4, 0.5) is 0 Å². The summed E-state index contributed by atoms with van der Waals surface area (Å²) in [5.41, 5.74) is 7.17. The maximum Gasteiger partial charge on any atom is 0.102 e. The molecule has 0 saturated heterocycles. The summed E-state index contributed by atoms with van der Waals surface area (Å²) in [6.07, 6.45) is 0.301. The van der Waals surface area contributed by atoms with Gasteiger partial charge in [-0.1, -0.05) is 5.21 Å². The van der Waals surface area contributed by atoms with E-state index in [-0.39, 0.29) is 6.10 Å². The van der Waals surface area contributed by atoms with Gasteiger partial charge in [0.2, 0.25) is 0 Å². The van der Waals surface area contributed by atoms with E-state index in [0.717, 1.165) is 11.4 Å². The standard InChI is InChI=1S/C9H18N4O2/c1-7(14)3-4-13-9(6-15-2)8(5-10)11-12-13/h7,14H,3-6,10H2,1-2H3. The Balaban J connectivity index is 2.72. The van der Waals surface area contributed by atoms with E-state index >= 15 is 0 Å². The molecule has 0 fully saturated rings. The van der Waals surface area contributed by atoms with Crippen LogP contribution in [0, 0.1) is 0 Å². The highest BCUT2D eigenvalue weighted by Crippen LogP contribution is 2.07. The largest absolute Gasteiger partial charge is 0.393 e.